The van der Waals surface area contributed by atoms with Crippen LogP contribution in [0, 0.1) is 13.8 Å². The number of hydrogen-bond donors (Lipinski definition) is 1. The monoisotopic (exact) mass is 396 g/mol. The normalized spacial score (nSPS) is 17.1. The number of hydrogen-bond acceptors (Lipinski definition) is 5. The van der Waals surface area contributed by atoms with Crippen LogP contribution in [-0.4, -0.2) is 47.3 Å². The van der Waals surface area contributed by atoms with Crippen LogP contribution in [-0.2, 0) is 0 Å². The molecule has 1 aromatic heterocycles. The number of ether oxygens (including phenoxy) is 1. The molecule has 0 spiro atoms. The van der Waals surface area contributed by atoms with Crippen molar-refractivity contribution in [3.63, 3.8) is 0 Å². The highest BCUT2D eigenvalue weighted by Gasteiger charge is 2.24. The third-order valence-corrected chi connectivity index (χ3v) is 6.68. The minimum atomic E-state index is -0.472. The highest BCUT2D eigenvalue weighted by Crippen LogP contribution is 2.33. The van der Waals surface area contributed by atoms with E-state index in [9.17, 15) is 5.11 Å². The van der Waals surface area contributed by atoms with Gasteiger partial charge >= 0.3 is 0 Å². The summed E-state index contributed by atoms with van der Waals surface area (Å²) in [5.41, 5.74) is 3.45. The second kappa shape index (κ2) is 8.60. The van der Waals surface area contributed by atoms with Crippen LogP contribution >= 0.6 is 11.3 Å². The Hall–Kier alpha value is -1.95. The Morgan fingerprint density at radius 1 is 1.18 bits per heavy atom. The van der Waals surface area contributed by atoms with Crippen molar-refractivity contribution in [2.45, 2.75) is 38.7 Å². The third-order valence-electron chi connectivity index (χ3n) is 5.48. The molecule has 2 heterocycles. The lowest BCUT2D eigenvalue weighted by Gasteiger charge is -2.32. The van der Waals surface area contributed by atoms with E-state index in [0.717, 1.165) is 42.8 Å². The molecule has 0 bridgehead atoms. The minimum absolute atomic E-state index is 0.335. The van der Waals surface area contributed by atoms with Gasteiger partial charge in [-0.25, -0.2) is 4.98 Å². The molecule has 0 radical (unpaired) electrons. The largest absolute Gasteiger partial charge is 0.491 e. The van der Waals surface area contributed by atoms with Crippen LogP contribution in [0.1, 0.15) is 34.9 Å². The predicted octanol–water partition coefficient (Wildman–Crippen LogP) is 4.53. The fourth-order valence-electron chi connectivity index (χ4n) is 3.93. The molecular weight excluding hydrogens is 368 g/mol. The number of thiazole rings is 1. The zero-order chi connectivity index (χ0) is 19.5. The molecule has 4 rings (SSSR count). The number of likely N-dealkylation sites (tertiary alicyclic amines) is 1. The van der Waals surface area contributed by atoms with Crippen molar-refractivity contribution in [3.8, 4) is 5.75 Å². The Kier molecular flexibility index (Phi) is 5.95. The van der Waals surface area contributed by atoms with Crippen molar-refractivity contribution in [1.29, 1.82) is 0 Å². The first-order valence-electron chi connectivity index (χ1n) is 10.0. The van der Waals surface area contributed by atoms with Gasteiger partial charge in [0.05, 0.1) is 15.2 Å². The summed E-state index contributed by atoms with van der Waals surface area (Å²) < 4.78 is 7.11. The van der Waals surface area contributed by atoms with Crippen LogP contribution in [0.25, 0.3) is 10.2 Å². The molecule has 1 saturated heterocycles. The number of β-amino-alcohol motifs (C(OH)–C–C–N with tert-alkyl or cyclic N) is 1. The average Bonchev–Trinajstić information content (AvgIpc) is 3.12. The number of aryl methyl sites for hydroxylation is 2. The Morgan fingerprint density at radius 3 is 2.71 bits per heavy atom. The summed E-state index contributed by atoms with van der Waals surface area (Å²) in [5, 5.41) is 11.7. The molecule has 1 atom stereocenters. The number of piperidine rings is 1. The molecule has 4 nitrogen and oxygen atoms in total. The first-order chi connectivity index (χ1) is 13.6. The van der Waals surface area contributed by atoms with E-state index in [2.05, 4.69) is 42.2 Å². The fourth-order valence-corrected chi connectivity index (χ4v) is 5.06. The highest BCUT2D eigenvalue weighted by atomic mass is 32.1. The number of para-hydroxylation sites is 1. The number of aromatic nitrogens is 1. The van der Waals surface area contributed by atoms with Gasteiger partial charge in [0.15, 0.2) is 0 Å². The first kappa shape index (κ1) is 19.4. The maximum absolute atomic E-state index is 10.4. The lowest BCUT2D eigenvalue weighted by Crippen LogP contribution is -2.40. The van der Waals surface area contributed by atoms with Gasteiger partial charge in [0.2, 0.25) is 0 Å². The molecule has 0 amide bonds. The smallest absolute Gasteiger partial charge is 0.122 e. The van der Waals surface area contributed by atoms with Gasteiger partial charge in [-0.05, 0) is 63.5 Å². The number of benzene rings is 2. The van der Waals surface area contributed by atoms with E-state index < -0.39 is 6.10 Å². The number of aliphatic hydroxyl groups excluding tert-OH is 1. The van der Waals surface area contributed by atoms with Crippen LogP contribution < -0.4 is 4.74 Å². The summed E-state index contributed by atoms with van der Waals surface area (Å²) in [6.07, 6.45) is 1.73. The average molecular weight is 397 g/mol. The Morgan fingerprint density at radius 2 is 1.96 bits per heavy atom. The van der Waals surface area contributed by atoms with E-state index in [1.807, 2.05) is 30.4 Å². The summed E-state index contributed by atoms with van der Waals surface area (Å²) in [4.78, 5) is 7.18. The second-order valence-electron chi connectivity index (χ2n) is 7.83. The minimum Gasteiger partial charge on any atom is -0.491 e. The molecule has 0 aliphatic carbocycles. The van der Waals surface area contributed by atoms with Crippen molar-refractivity contribution >= 4 is 21.6 Å². The molecule has 0 saturated carbocycles. The molecule has 1 aliphatic rings. The molecule has 1 aliphatic heterocycles. The van der Waals surface area contributed by atoms with Crippen LogP contribution in [0.2, 0.25) is 0 Å². The number of rotatable bonds is 6. The van der Waals surface area contributed by atoms with E-state index in [0.29, 0.717) is 19.1 Å². The zero-order valence-electron chi connectivity index (χ0n) is 16.6. The van der Waals surface area contributed by atoms with Crippen molar-refractivity contribution < 1.29 is 9.84 Å². The van der Waals surface area contributed by atoms with Gasteiger partial charge in [0, 0.05) is 12.5 Å². The van der Waals surface area contributed by atoms with Crippen molar-refractivity contribution in [3.05, 3.63) is 58.6 Å². The van der Waals surface area contributed by atoms with E-state index in [1.165, 1.54) is 15.3 Å². The molecule has 28 heavy (non-hydrogen) atoms. The number of aliphatic hydroxyl groups is 1. The summed E-state index contributed by atoms with van der Waals surface area (Å²) in [7, 11) is 0. The van der Waals surface area contributed by atoms with Gasteiger partial charge in [0.25, 0.3) is 0 Å². The van der Waals surface area contributed by atoms with E-state index in [1.54, 1.807) is 0 Å². The van der Waals surface area contributed by atoms with E-state index in [4.69, 9.17) is 9.72 Å². The highest BCUT2D eigenvalue weighted by molar-refractivity contribution is 7.18. The molecule has 2 aromatic carbocycles. The maximum atomic E-state index is 10.4. The van der Waals surface area contributed by atoms with Crippen LogP contribution in [0.4, 0.5) is 0 Å². The third kappa shape index (κ3) is 4.54. The van der Waals surface area contributed by atoms with Crippen molar-refractivity contribution in [2.75, 3.05) is 26.2 Å². The Labute approximate surface area is 170 Å². The van der Waals surface area contributed by atoms with Crippen LogP contribution in [0.3, 0.4) is 0 Å². The lowest BCUT2D eigenvalue weighted by atomic mass is 9.97. The van der Waals surface area contributed by atoms with Crippen molar-refractivity contribution in [2.24, 2.45) is 0 Å². The Bertz CT molecular complexity index is 898. The zero-order valence-corrected chi connectivity index (χ0v) is 17.4. The summed E-state index contributed by atoms with van der Waals surface area (Å²) >= 11 is 1.83. The van der Waals surface area contributed by atoms with Gasteiger partial charge in [-0.3, -0.25) is 0 Å². The maximum Gasteiger partial charge on any atom is 0.122 e. The second-order valence-corrected chi connectivity index (χ2v) is 8.89. The quantitative estimate of drug-likeness (QED) is 0.665. The number of fused-ring (bicyclic) bond motifs is 1. The molecular formula is C23H28N2O2S. The molecule has 5 heteroatoms. The number of nitrogens with zero attached hydrogens (tertiary/aromatic N) is 2. The summed E-state index contributed by atoms with van der Waals surface area (Å²) in [6, 6.07) is 14.5. The van der Waals surface area contributed by atoms with Gasteiger partial charge < -0.3 is 14.7 Å². The van der Waals surface area contributed by atoms with Gasteiger partial charge in [-0.15, -0.1) is 11.3 Å². The molecule has 148 valence electrons. The summed E-state index contributed by atoms with van der Waals surface area (Å²) in [6.45, 7) is 7.12. The van der Waals surface area contributed by atoms with E-state index >= 15 is 0 Å². The SMILES string of the molecule is Cc1ccc(OCC(O)CN2CCC(c3nc4ccccc4s3)CC2)c(C)c1. The van der Waals surface area contributed by atoms with Gasteiger partial charge in [0.1, 0.15) is 18.5 Å². The predicted molar refractivity (Wildman–Crippen MR) is 115 cm³/mol. The lowest BCUT2D eigenvalue weighted by molar-refractivity contribution is 0.0592. The Balaban J connectivity index is 1.25. The van der Waals surface area contributed by atoms with Gasteiger partial charge in [-0.2, -0.15) is 0 Å². The summed E-state index contributed by atoms with van der Waals surface area (Å²) in [5.74, 6) is 1.40. The topological polar surface area (TPSA) is 45.6 Å². The fraction of sp³-hybridized carbons (Fsp3) is 0.435. The molecule has 3 aromatic rings. The first-order valence-corrected chi connectivity index (χ1v) is 10.9. The van der Waals surface area contributed by atoms with Gasteiger partial charge in [-0.1, -0.05) is 29.8 Å². The standard InChI is InChI=1S/C23H28N2O2S/c1-16-7-8-21(17(2)13-16)27-15-19(26)14-25-11-9-18(10-12-25)23-24-20-5-3-4-6-22(20)28-23/h3-8,13,18-19,26H,9-12,14-15H2,1-2H3. The molecule has 1 unspecified atom stereocenters. The van der Waals surface area contributed by atoms with Crippen LogP contribution in [0.15, 0.2) is 42.5 Å². The molecule has 1 fully saturated rings. The van der Waals surface area contributed by atoms with Crippen LogP contribution in [0.5, 0.6) is 5.75 Å². The molecule has 1 N–H and O–H groups in total. The van der Waals surface area contributed by atoms with E-state index in [-0.39, 0.29) is 0 Å². The van der Waals surface area contributed by atoms with Crippen molar-refractivity contribution in [1.82, 2.24) is 9.88 Å².